The van der Waals surface area contributed by atoms with Crippen molar-refractivity contribution in [3.05, 3.63) is 52.3 Å². The fraction of sp³-hybridized carbons (Fsp3) is 0.267. The topological polar surface area (TPSA) is 29.3 Å². The van der Waals surface area contributed by atoms with Gasteiger partial charge in [-0.05, 0) is 32.4 Å². The minimum Gasteiger partial charge on any atom is -0.379 e. The number of anilines is 1. The molecule has 19 heavy (non-hydrogen) atoms. The van der Waals surface area contributed by atoms with Gasteiger partial charge in [0.1, 0.15) is 0 Å². The average molecular weight is 271 g/mol. The summed E-state index contributed by atoms with van der Waals surface area (Å²) in [5, 5.41) is 5.66. The van der Waals surface area contributed by atoms with Crippen molar-refractivity contribution in [2.75, 3.05) is 5.32 Å². The van der Waals surface area contributed by atoms with E-state index in [4.69, 9.17) is 0 Å². The summed E-state index contributed by atoms with van der Waals surface area (Å²) in [6.45, 7) is 7.13. The molecule has 0 spiro atoms. The average Bonchev–Trinajstić information content (AvgIpc) is 2.89. The lowest BCUT2D eigenvalue weighted by atomic mass is 10.2. The smallest absolute Gasteiger partial charge is 0.194 e. The summed E-state index contributed by atoms with van der Waals surface area (Å²) in [6, 6.07) is 8.36. The van der Waals surface area contributed by atoms with Crippen LogP contribution < -0.4 is 5.32 Å². The van der Waals surface area contributed by atoms with Crippen molar-refractivity contribution in [2.24, 2.45) is 0 Å². The molecule has 0 atom stereocenters. The van der Waals surface area contributed by atoms with Crippen molar-refractivity contribution >= 4 is 22.0 Å². The van der Waals surface area contributed by atoms with Gasteiger partial charge >= 0.3 is 0 Å². The molecule has 0 fully saturated rings. The third kappa shape index (κ3) is 2.12. The molecule has 0 aliphatic carbocycles. The number of aromatic nitrogens is 2. The number of imidazole rings is 1. The van der Waals surface area contributed by atoms with Crippen LogP contribution in [0.25, 0.3) is 4.96 Å². The quantitative estimate of drug-likeness (QED) is 0.782. The molecule has 98 valence electrons. The lowest BCUT2D eigenvalue weighted by Gasteiger charge is -2.09. The number of fused-ring (bicyclic) bond motifs is 1. The first-order valence-corrected chi connectivity index (χ1v) is 7.26. The van der Waals surface area contributed by atoms with Crippen LogP contribution in [-0.4, -0.2) is 9.38 Å². The van der Waals surface area contributed by atoms with Gasteiger partial charge in [-0.1, -0.05) is 18.2 Å². The van der Waals surface area contributed by atoms with E-state index < -0.39 is 0 Å². The zero-order chi connectivity index (χ0) is 13.4. The van der Waals surface area contributed by atoms with Gasteiger partial charge in [-0.25, -0.2) is 4.98 Å². The van der Waals surface area contributed by atoms with Crippen LogP contribution >= 0.6 is 11.3 Å². The molecule has 4 heteroatoms. The summed E-state index contributed by atoms with van der Waals surface area (Å²) < 4.78 is 2.24. The first kappa shape index (κ1) is 12.2. The molecule has 0 aliphatic heterocycles. The molecule has 3 rings (SSSR count). The summed E-state index contributed by atoms with van der Waals surface area (Å²) in [5.41, 5.74) is 6.06. The van der Waals surface area contributed by atoms with Crippen molar-refractivity contribution < 1.29 is 0 Å². The summed E-state index contributed by atoms with van der Waals surface area (Å²) in [5.74, 6) is 0. The van der Waals surface area contributed by atoms with Gasteiger partial charge in [-0.3, -0.25) is 4.40 Å². The van der Waals surface area contributed by atoms with Crippen molar-refractivity contribution in [1.82, 2.24) is 9.38 Å². The Hall–Kier alpha value is -1.81. The van der Waals surface area contributed by atoms with Crippen LogP contribution in [0, 0.1) is 20.8 Å². The maximum Gasteiger partial charge on any atom is 0.194 e. The molecule has 2 heterocycles. The van der Waals surface area contributed by atoms with E-state index in [1.54, 1.807) is 11.3 Å². The van der Waals surface area contributed by atoms with Gasteiger partial charge in [0.15, 0.2) is 4.96 Å². The van der Waals surface area contributed by atoms with Crippen LogP contribution in [0.2, 0.25) is 0 Å². The van der Waals surface area contributed by atoms with Gasteiger partial charge in [-0.15, -0.1) is 11.3 Å². The van der Waals surface area contributed by atoms with Gasteiger partial charge < -0.3 is 5.32 Å². The highest BCUT2D eigenvalue weighted by Crippen LogP contribution is 2.22. The first-order chi connectivity index (χ1) is 9.16. The van der Waals surface area contributed by atoms with Gasteiger partial charge in [0.05, 0.1) is 17.9 Å². The second-order valence-electron chi connectivity index (χ2n) is 4.81. The monoisotopic (exact) mass is 271 g/mol. The molecule has 0 radical (unpaired) electrons. The summed E-state index contributed by atoms with van der Waals surface area (Å²) >= 11 is 1.70. The third-order valence-corrected chi connectivity index (χ3v) is 4.36. The molecule has 0 amide bonds. The Labute approximate surface area is 116 Å². The largest absolute Gasteiger partial charge is 0.379 e. The summed E-state index contributed by atoms with van der Waals surface area (Å²) in [7, 11) is 0. The summed E-state index contributed by atoms with van der Waals surface area (Å²) in [4.78, 5) is 5.69. The highest BCUT2D eigenvalue weighted by Gasteiger charge is 2.11. The fourth-order valence-corrected chi connectivity index (χ4v) is 3.26. The first-order valence-electron chi connectivity index (χ1n) is 6.38. The van der Waals surface area contributed by atoms with Crippen molar-refractivity contribution in [1.29, 1.82) is 0 Å². The number of rotatable bonds is 3. The molecule has 1 N–H and O–H groups in total. The van der Waals surface area contributed by atoms with E-state index in [9.17, 15) is 0 Å². The predicted octanol–water partition coefficient (Wildman–Crippen LogP) is 3.93. The Balaban J connectivity index is 1.92. The lowest BCUT2D eigenvalue weighted by Crippen LogP contribution is -2.05. The minimum atomic E-state index is 0.801. The van der Waals surface area contributed by atoms with E-state index in [2.05, 4.69) is 65.1 Å². The van der Waals surface area contributed by atoms with Crippen molar-refractivity contribution in [2.45, 2.75) is 27.3 Å². The van der Waals surface area contributed by atoms with Crippen LogP contribution in [0.5, 0.6) is 0 Å². The van der Waals surface area contributed by atoms with Crippen LogP contribution in [-0.2, 0) is 6.54 Å². The minimum absolute atomic E-state index is 0.801. The zero-order valence-electron chi connectivity index (χ0n) is 11.4. The van der Waals surface area contributed by atoms with E-state index in [-0.39, 0.29) is 0 Å². The van der Waals surface area contributed by atoms with Crippen LogP contribution in [0.15, 0.2) is 29.6 Å². The number of hydrogen-bond acceptors (Lipinski definition) is 3. The molecule has 3 aromatic rings. The number of aryl methyl sites for hydroxylation is 3. The van der Waals surface area contributed by atoms with Crippen molar-refractivity contribution in [3.8, 4) is 0 Å². The number of nitrogens with zero attached hydrogens (tertiary/aromatic N) is 2. The molecule has 0 saturated carbocycles. The Morgan fingerprint density at radius 1 is 1.21 bits per heavy atom. The standard InChI is InChI=1S/C15H17N3S/c1-10-6-4-5-7-13(10)16-8-14-12(3)17-15-18(14)11(2)9-19-15/h4-7,9,16H,8H2,1-3H3. The number of thiazole rings is 1. The maximum absolute atomic E-state index is 4.61. The van der Waals surface area contributed by atoms with Gasteiger partial charge in [0.25, 0.3) is 0 Å². The predicted molar refractivity (Wildman–Crippen MR) is 81.0 cm³/mol. The molecule has 0 bridgehead atoms. The van der Waals surface area contributed by atoms with E-state index in [0.29, 0.717) is 0 Å². The zero-order valence-corrected chi connectivity index (χ0v) is 12.2. The summed E-state index contributed by atoms with van der Waals surface area (Å²) in [6.07, 6.45) is 0. The van der Waals surface area contributed by atoms with E-state index in [0.717, 1.165) is 17.2 Å². The number of nitrogens with one attached hydrogen (secondary N) is 1. The van der Waals surface area contributed by atoms with Crippen LogP contribution in [0.4, 0.5) is 5.69 Å². The third-order valence-electron chi connectivity index (χ3n) is 3.42. The van der Waals surface area contributed by atoms with Gasteiger partial charge in [0.2, 0.25) is 0 Å². The molecular weight excluding hydrogens is 254 g/mol. The SMILES string of the molecule is Cc1ccccc1NCc1c(C)nc2scc(C)n12. The molecule has 1 aromatic carbocycles. The Morgan fingerprint density at radius 3 is 2.79 bits per heavy atom. The van der Waals surface area contributed by atoms with E-state index >= 15 is 0 Å². The molecular formula is C15H17N3S. The molecule has 0 aliphatic rings. The number of hydrogen-bond donors (Lipinski definition) is 1. The van der Waals surface area contributed by atoms with Crippen molar-refractivity contribution in [3.63, 3.8) is 0 Å². The van der Waals surface area contributed by atoms with Gasteiger partial charge in [0, 0.05) is 16.8 Å². The van der Waals surface area contributed by atoms with Gasteiger partial charge in [-0.2, -0.15) is 0 Å². The Bertz CT molecular complexity index is 724. The maximum atomic E-state index is 4.61. The van der Waals surface area contributed by atoms with Crippen LogP contribution in [0.1, 0.15) is 22.6 Å². The second kappa shape index (κ2) is 4.70. The molecule has 0 unspecified atom stereocenters. The number of para-hydroxylation sites is 1. The number of benzene rings is 1. The van der Waals surface area contributed by atoms with E-state index in [1.165, 1.54) is 22.6 Å². The Kier molecular flexibility index (Phi) is 3.03. The highest BCUT2D eigenvalue weighted by atomic mass is 32.1. The molecule has 2 aromatic heterocycles. The molecule has 0 saturated heterocycles. The highest BCUT2D eigenvalue weighted by molar-refractivity contribution is 7.15. The normalized spacial score (nSPS) is 11.1. The van der Waals surface area contributed by atoms with Crippen LogP contribution in [0.3, 0.4) is 0 Å². The Morgan fingerprint density at radius 2 is 2.00 bits per heavy atom. The van der Waals surface area contributed by atoms with E-state index in [1.807, 2.05) is 0 Å². The second-order valence-corrected chi connectivity index (χ2v) is 5.64. The molecule has 3 nitrogen and oxygen atoms in total. The lowest BCUT2D eigenvalue weighted by molar-refractivity contribution is 0.965. The fourth-order valence-electron chi connectivity index (χ4n) is 2.33.